The SMILES string of the molecule is COc1ccc(N2CCN(c3cc(SCC(=O)NCC4CCCO4)ncn3)CC2)cc1. The summed E-state index contributed by atoms with van der Waals surface area (Å²) in [5.74, 6) is 2.13. The maximum atomic E-state index is 12.1. The third-order valence-corrected chi connectivity index (χ3v) is 6.50. The highest BCUT2D eigenvalue weighted by Crippen LogP contribution is 2.24. The summed E-state index contributed by atoms with van der Waals surface area (Å²) in [6.45, 7) is 5.00. The lowest BCUT2D eigenvalue weighted by Gasteiger charge is -2.36. The number of nitrogens with zero attached hydrogens (tertiary/aromatic N) is 4. The second-order valence-electron chi connectivity index (χ2n) is 7.61. The molecule has 2 fully saturated rings. The van der Waals surface area contributed by atoms with Crippen LogP contribution in [0.1, 0.15) is 12.8 Å². The van der Waals surface area contributed by atoms with E-state index in [2.05, 4.69) is 37.2 Å². The van der Waals surface area contributed by atoms with Crippen LogP contribution in [-0.2, 0) is 9.53 Å². The first-order valence-corrected chi connectivity index (χ1v) is 11.7. The maximum absolute atomic E-state index is 12.1. The van der Waals surface area contributed by atoms with Gasteiger partial charge in [-0.15, -0.1) is 0 Å². The van der Waals surface area contributed by atoms with Gasteiger partial charge in [0.25, 0.3) is 0 Å². The Kier molecular flexibility index (Phi) is 7.48. The van der Waals surface area contributed by atoms with Gasteiger partial charge >= 0.3 is 0 Å². The van der Waals surface area contributed by atoms with E-state index in [1.165, 1.54) is 17.4 Å². The molecule has 2 saturated heterocycles. The second-order valence-corrected chi connectivity index (χ2v) is 8.61. The largest absolute Gasteiger partial charge is 0.497 e. The van der Waals surface area contributed by atoms with E-state index in [1.54, 1.807) is 13.4 Å². The number of piperazine rings is 1. The van der Waals surface area contributed by atoms with Gasteiger partial charge < -0.3 is 24.6 Å². The van der Waals surface area contributed by atoms with Crippen molar-refractivity contribution < 1.29 is 14.3 Å². The van der Waals surface area contributed by atoms with Crippen LogP contribution in [-0.4, -0.2) is 74.2 Å². The topological polar surface area (TPSA) is 79.8 Å². The molecular weight excluding hydrogens is 414 g/mol. The Morgan fingerprint density at radius 2 is 1.97 bits per heavy atom. The van der Waals surface area contributed by atoms with Crippen molar-refractivity contribution in [1.29, 1.82) is 0 Å². The first kappa shape index (κ1) is 21.7. The highest BCUT2D eigenvalue weighted by atomic mass is 32.2. The van der Waals surface area contributed by atoms with Gasteiger partial charge in [0, 0.05) is 51.1 Å². The van der Waals surface area contributed by atoms with Gasteiger partial charge in [-0.25, -0.2) is 9.97 Å². The summed E-state index contributed by atoms with van der Waals surface area (Å²) in [7, 11) is 1.68. The second kappa shape index (κ2) is 10.7. The third kappa shape index (κ3) is 6.01. The standard InChI is InChI=1S/C22H29N5O3S/c1-29-18-6-4-17(5-7-18)26-8-10-27(11-9-26)20-13-22(25-16-24-20)31-15-21(28)23-14-19-3-2-12-30-19/h4-7,13,16,19H,2-3,8-12,14-15H2,1H3,(H,23,28). The van der Waals surface area contributed by atoms with Crippen molar-refractivity contribution in [3.8, 4) is 5.75 Å². The molecule has 166 valence electrons. The first-order chi connectivity index (χ1) is 15.2. The molecular formula is C22H29N5O3S. The van der Waals surface area contributed by atoms with Gasteiger partial charge in [-0.3, -0.25) is 4.79 Å². The highest BCUT2D eigenvalue weighted by Gasteiger charge is 2.19. The summed E-state index contributed by atoms with van der Waals surface area (Å²) < 4.78 is 10.8. The van der Waals surface area contributed by atoms with Gasteiger partial charge in [-0.2, -0.15) is 0 Å². The van der Waals surface area contributed by atoms with Gasteiger partial charge in [0.1, 0.15) is 22.9 Å². The quantitative estimate of drug-likeness (QED) is 0.491. The number of hydrogen-bond donors (Lipinski definition) is 1. The summed E-state index contributed by atoms with van der Waals surface area (Å²) in [5.41, 5.74) is 1.20. The van der Waals surface area contributed by atoms with Crippen LogP contribution >= 0.6 is 11.8 Å². The normalized spacial score (nSPS) is 18.8. The van der Waals surface area contributed by atoms with Gasteiger partial charge in [0.15, 0.2) is 0 Å². The van der Waals surface area contributed by atoms with Gasteiger partial charge in [0.05, 0.1) is 19.0 Å². The Labute approximate surface area is 187 Å². The predicted molar refractivity (Wildman–Crippen MR) is 122 cm³/mol. The highest BCUT2D eigenvalue weighted by molar-refractivity contribution is 7.99. The smallest absolute Gasteiger partial charge is 0.230 e. The number of hydrogen-bond acceptors (Lipinski definition) is 8. The molecule has 2 aromatic rings. The van der Waals surface area contributed by atoms with E-state index in [0.29, 0.717) is 12.3 Å². The molecule has 3 heterocycles. The van der Waals surface area contributed by atoms with Gasteiger partial charge in [0.2, 0.25) is 5.91 Å². The number of rotatable bonds is 8. The maximum Gasteiger partial charge on any atom is 0.230 e. The number of thioether (sulfide) groups is 1. The average Bonchev–Trinajstić information content (AvgIpc) is 3.36. The molecule has 4 rings (SSSR count). The number of ether oxygens (including phenoxy) is 2. The molecule has 31 heavy (non-hydrogen) atoms. The Hall–Kier alpha value is -2.52. The third-order valence-electron chi connectivity index (χ3n) is 5.57. The molecule has 0 aliphatic carbocycles. The summed E-state index contributed by atoms with van der Waals surface area (Å²) in [6, 6.07) is 10.1. The molecule has 0 spiro atoms. The molecule has 0 saturated carbocycles. The summed E-state index contributed by atoms with van der Waals surface area (Å²) in [5, 5.41) is 3.76. The first-order valence-electron chi connectivity index (χ1n) is 10.7. The zero-order chi connectivity index (χ0) is 21.5. The predicted octanol–water partition coefficient (Wildman–Crippen LogP) is 2.20. The van der Waals surface area contributed by atoms with Crippen LogP contribution in [0, 0.1) is 0 Å². The Morgan fingerprint density at radius 1 is 1.19 bits per heavy atom. The van der Waals surface area contributed by atoms with E-state index in [0.717, 1.165) is 62.2 Å². The molecule has 8 nitrogen and oxygen atoms in total. The Balaban J connectivity index is 1.24. The summed E-state index contributed by atoms with van der Waals surface area (Å²) in [6.07, 6.45) is 3.84. The lowest BCUT2D eigenvalue weighted by molar-refractivity contribution is -0.119. The molecule has 2 aliphatic heterocycles. The number of methoxy groups -OCH3 is 1. The van der Waals surface area contributed by atoms with E-state index in [9.17, 15) is 4.79 Å². The van der Waals surface area contributed by atoms with Crippen molar-refractivity contribution in [2.75, 3.05) is 62.0 Å². The van der Waals surface area contributed by atoms with E-state index < -0.39 is 0 Å². The Bertz CT molecular complexity index is 852. The molecule has 2 aliphatic rings. The van der Waals surface area contributed by atoms with E-state index >= 15 is 0 Å². The van der Waals surface area contributed by atoms with Crippen molar-refractivity contribution in [3.63, 3.8) is 0 Å². The zero-order valence-electron chi connectivity index (χ0n) is 17.8. The number of nitrogens with one attached hydrogen (secondary N) is 1. The lowest BCUT2D eigenvalue weighted by Crippen LogP contribution is -2.46. The van der Waals surface area contributed by atoms with Crippen LogP contribution in [0.25, 0.3) is 0 Å². The molecule has 1 N–H and O–H groups in total. The fraction of sp³-hybridized carbons (Fsp3) is 0.500. The summed E-state index contributed by atoms with van der Waals surface area (Å²) >= 11 is 1.44. The van der Waals surface area contributed by atoms with Crippen LogP contribution < -0.4 is 19.9 Å². The van der Waals surface area contributed by atoms with Crippen molar-refractivity contribution >= 4 is 29.2 Å². The number of amides is 1. The minimum absolute atomic E-state index is 0.00812. The minimum atomic E-state index is 0.00812. The van der Waals surface area contributed by atoms with Gasteiger partial charge in [-0.05, 0) is 37.1 Å². The molecule has 1 aromatic carbocycles. The average molecular weight is 444 g/mol. The number of benzene rings is 1. The fourth-order valence-electron chi connectivity index (χ4n) is 3.79. The van der Waals surface area contributed by atoms with E-state index in [1.807, 2.05) is 18.2 Å². The molecule has 1 amide bonds. The summed E-state index contributed by atoms with van der Waals surface area (Å²) in [4.78, 5) is 25.5. The number of carbonyl (C=O) groups excluding carboxylic acids is 1. The minimum Gasteiger partial charge on any atom is -0.497 e. The molecule has 0 bridgehead atoms. The number of aromatic nitrogens is 2. The van der Waals surface area contributed by atoms with Crippen LogP contribution in [0.15, 0.2) is 41.7 Å². The molecule has 1 atom stereocenters. The van der Waals surface area contributed by atoms with Crippen molar-refractivity contribution in [2.24, 2.45) is 0 Å². The van der Waals surface area contributed by atoms with Crippen molar-refractivity contribution in [2.45, 2.75) is 24.0 Å². The monoisotopic (exact) mass is 443 g/mol. The number of anilines is 2. The Morgan fingerprint density at radius 3 is 2.68 bits per heavy atom. The van der Waals surface area contributed by atoms with Gasteiger partial charge in [-0.1, -0.05) is 11.8 Å². The van der Waals surface area contributed by atoms with Crippen molar-refractivity contribution in [1.82, 2.24) is 15.3 Å². The molecule has 0 radical (unpaired) electrons. The fourth-order valence-corrected chi connectivity index (χ4v) is 4.48. The molecule has 1 aromatic heterocycles. The van der Waals surface area contributed by atoms with Crippen LogP contribution in [0.3, 0.4) is 0 Å². The van der Waals surface area contributed by atoms with Crippen LogP contribution in [0.5, 0.6) is 5.75 Å². The molecule has 9 heteroatoms. The van der Waals surface area contributed by atoms with Crippen molar-refractivity contribution in [3.05, 3.63) is 36.7 Å². The van der Waals surface area contributed by atoms with Crippen LogP contribution in [0.2, 0.25) is 0 Å². The van der Waals surface area contributed by atoms with E-state index in [4.69, 9.17) is 9.47 Å². The molecule has 1 unspecified atom stereocenters. The zero-order valence-corrected chi connectivity index (χ0v) is 18.6. The number of carbonyl (C=O) groups is 1. The van der Waals surface area contributed by atoms with Crippen LogP contribution in [0.4, 0.5) is 11.5 Å². The van der Waals surface area contributed by atoms with E-state index in [-0.39, 0.29) is 12.0 Å². The lowest BCUT2D eigenvalue weighted by atomic mass is 10.2.